The predicted molar refractivity (Wildman–Crippen MR) is 93.3 cm³/mol. The molecule has 0 radical (unpaired) electrons. The van der Waals surface area contributed by atoms with Crippen LogP contribution in [0.4, 0.5) is 13.2 Å². The highest BCUT2D eigenvalue weighted by atomic mass is 35.5. The van der Waals surface area contributed by atoms with Gasteiger partial charge >= 0.3 is 6.18 Å². The smallest absolute Gasteiger partial charge is 0.393 e. The van der Waals surface area contributed by atoms with Gasteiger partial charge in [-0.25, -0.2) is 0 Å². The number of carbonyl (C=O) groups is 1. The Morgan fingerprint density at radius 2 is 1.65 bits per heavy atom. The second-order valence-electron chi connectivity index (χ2n) is 7.10. The number of nitrogens with zero attached hydrogens (tertiary/aromatic N) is 1. The van der Waals surface area contributed by atoms with Crippen molar-refractivity contribution in [3.8, 4) is 0 Å². The molecule has 1 aromatic carbocycles. The standard InChI is InChI=1S/C18H20Cl2F3NO2/c19-15-8-11(18(21,22)23)9-16(20)14(15)7-10-5-6-24(17(10)26)12-1-3-13(25)4-2-12/h8-10,12-13,25H,1-7H2/t10?,12-,13+. The van der Waals surface area contributed by atoms with Crippen LogP contribution in [0, 0.1) is 5.92 Å². The largest absolute Gasteiger partial charge is 0.416 e. The van der Waals surface area contributed by atoms with E-state index in [-0.39, 0.29) is 40.4 Å². The molecule has 0 bridgehead atoms. The van der Waals surface area contributed by atoms with Gasteiger partial charge in [-0.2, -0.15) is 13.2 Å². The van der Waals surface area contributed by atoms with Gasteiger partial charge < -0.3 is 10.0 Å². The first kappa shape index (κ1) is 19.8. The molecule has 3 nitrogen and oxygen atoms in total. The van der Waals surface area contributed by atoms with Crippen LogP contribution in [0.5, 0.6) is 0 Å². The van der Waals surface area contributed by atoms with Gasteiger partial charge in [0.15, 0.2) is 0 Å². The van der Waals surface area contributed by atoms with Crippen LogP contribution >= 0.6 is 23.2 Å². The Balaban J connectivity index is 1.71. The highest BCUT2D eigenvalue weighted by molar-refractivity contribution is 6.36. The fourth-order valence-corrected chi connectivity index (χ4v) is 4.53. The minimum atomic E-state index is -4.52. The lowest BCUT2D eigenvalue weighted by atomic mass is 9.92. The third-order valence-corrected chi connectivity index (χ3v) is 6.05. The Hall–Kier alpha value is -0.980. The van der Waals surface area contributed by atoms with Crippen LogP contribution in [0.3, 0.4) is 0 Å². The van der Waals surface area contributed by atoms with Crippen molar-refractivity contribution in [2.24, 2.45) is 5.92 Å². The van der Waals surface area contributed by atoms with Crippen LogP contribution in [-0.4, -0.2) is 34.6 Å². The number of rotatable bonds is 3. The number of carbonyl (C=O) groups excluding carboxylic acids is 1. The molecular weight excluding hydrogens is 390 g/mol. The average molecular weight is 410 g/mol. The lowest BCUT2D eigenvalue weighted by molar-refractivity contribution is -0.137. The first-order chi connectivity index (χ1) is 12.2. The van der Waals surface area contributed by atoms with E-state index < -0.39 is 11.7 Å². The third-order valence-electron chi connectivity index (χ3n) is 5.38. The van der Waals surface area contributed by atoms with Crippen LogP contribution in [0.15, 0.2) is 12.1 Å². The van der Waals surface area contributed by atoms with Gasteiger partial charge in [0.1, 0.15) is 0 Å². The summed E-state index contributed by atoms with van der Waals surface area (Å²) in [5.41, 5.74) is -0.503. The molecule has 26 heavy (non-hydrogen) atoms. The molecule has 2 aliphatic rings. The number of aliphatic hydroxyl groups is 1. The molecule has 0 aromatic heterocycles. The van der Waals surface area contributed by atoms with E-state index in [1.807, 2.05) is 4.90 Å². The van der Waals surface area contributed by atoms with Crippen molar-refractivity contribution in [2.75, 3.05) is 6.54 Å². The Morgan fingerprint density at radius 1 is 1.08 bits per heavy atom. The number of alkyl halides is 3. The molecule has 1 heterocycles. The van der Waals surface area contributed by atoms with Gasteiger partial charge in [-0.1, -0.05) is 23.2 Å². The molecule has 1 atom stereocenters. The summed E-state index contributed by atoms with van der Waals surface area (Å²) >= 11 is 12.1. The molecule has 2 fully saturated rings. The molecule has 1 N–H and O–H groups in total. The van der Waals surface area contributed by atoms with Crippen molar-refractivity contribution in [3.63, 3.8) is 0 Å². The van der Waals surface area contributed by atoms with E-state index in [0.717, 1.165) is 25.0 Å². The number of benzene rings is 1. The summed E-state index contributed by atoms with van der Waals surface area (Å²) in [5, 5.41) is 9.49. The second kappa shape index (κ2) is 7.56. The molecule has 1 amide bonds. The maximum absolute atomic E-state index is 12.8. The van der Waals surface area contributed by atoms with Gasteiger partial charge in [0, 0.05) is 28.5 Å². The fourth-order valence-electron chi connectivity index (χ4n) is 3.89. The number of likely N-dealkylation sites (tertiary alicyclic amines) is 1. The van der Waals surface area contributed by atoms with Crippen LogP contribution in [0.1, 0.15) is 43.2 Å². The second-order valence-corrected chi connectivity index (χ2v) is 7.91. The highest BCUT2D eigenvalue weighted by Crippen LogP contribution is 2.38. The maximum Gasteiger partial charge on any atom is 0.416 e. The summed E-state index contributed by atoms with van der Waals surface area (Å²) in [6.45, 7) is 0.625. The van der Waals surface area contributed by atoms with E-state index in [4.69, 9.17) is 23.2 Å². The van der Waals surface area contributed by atoms with Crippen LogP contribution in [-0.2, 0) is 17.4 Å². The fraction of sp³-hybridized carbons (Fsp3) is 0.611. The first-order valence-electron chi connectivity index (χ1n) is 8.70. The molecule has 3 rings (SSSR count). The van der Waals surface area contributed by atoms with Crippen molar-refractivity contribution in [2.45, 2.75) is 56.8 Å². The minimum Gasteiger partial charge on any atom is -0.393 e. The molecule has 1 unspecified atom stereocenters. The van der Waals surface area contributed by atoms with Crippen molar-refractivity contribution in [1.82, 2.24) is 4.90 Å². The van der Waals surface area contributed by atoms with E-state index in [1.54, 1.807) is 0 Å². The van der Waals surface area contributed by atoms with Gasteiger partial charge in [0.05, 0.1) is 11.7 Å². The summed E-state index contributed by atoms with van der Waals surface area (Å²) in [5.74, 6) is -0.327. The molecule has 0 spiro atoms. The van der Waals surface area contributed by atoms with Gasteiger partial charge in [0.2, 0.25) is 5.91 Å². The van der Waals surface area contributed by atoms with Crippen LogP contribution in [0.2, 0.25) is 10.0 Å². The normalized spacial score (nSPS) is 27.2. The molecule has 8 heteroatoms. The van der Waals surface area contributed by atoms with Gasteiger partial charge in [-0.05, 0) is 56.2 Å². The SMILES string of the molecule is O=C1C(Cc2c(Cl)cc(C(F)(F)F)cc2Cl)CCN1[C@H]1CC[C@@H](O)CC1. The van der Waals surface area contributed by atoms with E-state index in [1.165, 1.54) is 0 Å². The molecule has 1 saturated heterocycles. The number of hydrogen-bond acceptors (Lipinski definition) is 2. The van der Waals surface area contributed by atoms with Gasteiger partial charge in [-0.3, -0.25) is 4.79 Å². The van der Waals surface area contributed by atoms with Crippen LogP contribution in [0.25, 0.3) is 0 Å². The summed E-state index contributed by atoms with van der Waals surface area (Å²) in [4.78, 5) is 14.6. The van der Waals surface area contributed by atoms with Gasteiger partial charge in [-0.15, -0.1) is 0 Å². The number of hydrogen-bond donors (Lipinski definition) is 1. The zero-order chi connectivity index (χ0) is 19.1. The zero-order valence-electron chi connectivity index (χ0n) is 14.0. The molecule has 1 aromatic rings. The van der Waals surface area contributed by atoms with Gasteiger partial charge in [0.25, 0.3) is 0 Å². The topological polar surface area (TPSA) is 40.5 Å². The third kappa shape index (κ3) is 4.12. The molecule has 144 valence electrons. The van der Waals surface area contributed by atoms with E-state index in [9.17, 15) is 23.1 Å². The predicted octanol–water partition coefficient (Wildman–Crippen LogP) is 4.71. The van der Waals surface area contributed by atoms with E-state index in [0.29, 0.717) is 31.4 Å². The van der Waals surface area contributed by atoms with Crippen molar-refractivity contribution >= 4 is 29.1 Å². The summed E-state index contributed by atoms with van der Waals surface area (Å²) < 4.78 is 38.5. The maximum atomic E-state index is 12.8. The minimum absolute atomic E-state index is 0.00146. The lowest BCUT2D eigenvalue weighted by Gasteiger charge is -2.33. The van der Waals surface area contributed by atoms with Crippen molar-refractivity contribution in [1.29, 1.82) is 0 Å². The first-order valence-corrected chi connectivity index (χ1v) is 9.46. The molecule has 1 aliphatic carbocycles. The Labute approximate surface area is 160 Å². The van der Waals surface area contributed by atoms with E-state index >= 15 is 0 Å². The van der Waals surface area contributed by atoms with Crippen LogP contribution < -0.4 is 0 Å². The van der Waals surface area contributed by atoms with Crippen molar-refractivity contribution < 1.29 is 23.1 Å². The Bertz CT molecular complexity index is 664. The number of aliphatic hydroxyl groups excluding tert-OH is 1. The Morgan fingerprint density at radius 3 is 2.19 bits per heavy atom. The Kier molecular flexibility index (Phi) is 5.75. The summed E-state index contributed by atoms with van der Waals surface area (Å²) in [6.07, 6.45) is -0.998. The molecule has 1 saturated carbocycles. The average Bonchev–Trinajstić information content (AvgIpc) is 2.91. The highest BCUT2D eigenvalue weighted by Gasteiger charge is 2.38. The quantitative estimate of drug-likeness (QED) is 0.785. The van der Waals surface area contributed by atoms with E-state index in [2.05, 4.69) is 0 Å². The molecular formula is C18H20Cl2F3NO2. The zero-order valence-corrected chi connectivity index (χ0v) is 15.5. The summed E-state index contributed by atoms with van der Waals surface area (Å²) in [6, 6.07) is 1.86. The lowest BCUT2D eigenvalue weighted by Crippen LogP contribution is -2.41. The monoisotopic (exact) mass is 409 g/mol. The summed E-state index contributed by atoms with van der Waals surface area (Å²) in [7, 11) is 0. The molecule has 1 aliphatic heterocycles. The number of halogens is 5. The van der Waals surface area contributed by atoms with Crippen molar-refractivity contribution in [3.05, 3.63) is 33.3 Å². The number of amides is 1.